The fourth-order valence-electron chi connectivity index (χ4n) is 2.15. The summed E-state index contributed by atoms with van der Waals surface area (Å²) in [7, 11) is 0. The van der Waals surface area contributed by atoms with Gasteiger partial charge in [0.25, 0.3) is 0 Å². The summed E-state index contributed by atoms with van der Waals surface area (Å²) >= 11 is 0. The third-order valence-electron chi connectivity index (χ3n) is 2.90. The van der Waals surface area contributed by atoms with Crippen molar-refractivity contribution in [3.8, 4) is 0 Å². The van der Waals surface area contributed by atoms with E-state index < -0.39 is 12.0 Å². The summed E-state index contributed by atoms with van der Waals surface area (Å²) in [6.45, 7) is 1.58. The van der Waals surface area contributed by atoms with Gasteiger partial charge in [0.15, 0.2) is 0 Å². The summed E-state index contributed by atoms with van der Waals surface area (Å²) < 4.78 is 37.5. The van der Waals surface area contributed by atoms with Crippen molar-refractivity contribution in [3.63, 3.8) is 0 Å². The number of hydrogen-bond acceptors (Lipinski definition) is 2. The molecule has 2 rings (SSSR count). The number of halogens is 3. The first-order valence-corrected chi connectivity index (χ1v) is 5.39. The van der Waals surface area contributed by atoms with Crippen LogP contribution in [0.1, 0.15) is 48.8 Å². The maximum Gasteiger partial charge on any atom is 0.451 e. The van der Waals surface area contributed by atoms with Crippen molar-refractivity contribution in [1.29, 1.82) is 0 Å². The molecule has 2 nitrogen and oxygen atoms in total. The van der Waals surface area contributed by atoms with Gasteiger partial charge in [0.05, 0.1) is 0 Å². The molecular formula is C11H13F3N2. The molecule has 1 aromatic heterocycles. The minimum atomic E-state index is -4.45. The predicted molar refractivity (Wildman–Crippen MR) is 53.0 cm³/mol. The average Bonchev–Trinajstić information content (AvgIpc) is 2.68. The first kappa shape index (κ1) is 11.4. The van der Waals surface area contributed by atoms with Gasteiger partial charge in [-0.05, 0) is 25.8 Å². The van der Waals surface area contributed by atoms with Crippen molar-refractivity contribution in [2.24, 2.45) is 0 Å². The second-order valence-electron chi connectivity index (χ2n) is 4.24. The molecule has 0 amide bonds. The molecule has 1 aliphatic rings. The lowest BCUT2D eigenvalue weighted by molar-refractivity contribution is -0.145. The lowest BCUT2D eigenvalue weighted by Gasteiger charge is -2.12. The molecule has 1 saturated carbocycles. The monoisotopic (exact) mass is 230 g/mol. The Morgan fingerprint density at radius 2 is 1.81 bits per heavy atom. The van der Waals surface area contributed by atoms with E-state index in [0.29, 0.717) is 11.4 Å². The van der Waals surface area contributed by atoms with Crippen LogP contribution >= 0.6 is 0 Å². The van der Waals surface area contributed by atoms with Crippen molar-refractivity contribution in [2.45, 2.75) is 44.7 Å². The zero-order valence-corrected chi connectivity index (χ0v) is 9.01. The zero-order valence-electron chi connectivity index (χ0n) is 9.01. The molecule has 0 bridgehead atoms. The largest absolute Gasteiger partial charge is 0.451 e. The summed E-state index contributed by atoms with van der Waals surface area (Å²) in [5.41, 5.74) is 0.946. The van der Waals surface area contributed by atoms with E-state index >= 15 is 0 Å². The van der Waals surface area contributed by atoms with Gasteiger partial charge in [-0.1, -0.05) is 12.8 Å². The Kier molecular flexibility index (Phi) is 2.86. The van der Waals surface area contributed by atoms with Crippen LogP contribution in [-0.4, -0.2) is 9.97 Å². The molecule has 0 atom stereocenters. The van der Waals surface area contributed by atoms with Crippen molar-refractivity contribution in [1.82, 2.24) is 9.97 Å². The number of alkyl halides is 3. The van der Waals surface area contributed by atoms with Gasteiger partial charge in [-0.25, -0.2) is 9.97 Å². The predicted octanol–water partition coefficient (Wildman–Crippen LogP) is 3.46. The Morgan fingerprint density at radius 1 is 1.19 bits per heavy atom. The van der Waals surface area contributed by atoms with Crippen LogP contribution in [0.15, 0.2) is 6.07 Å². The molecule has 5 heteroatoms. The van der Waals surface area contributed by atoms with Crippen molar-refractivity contribution >= 4 is 0 Å². The van der Waals surface area contributed by atoms with Crippen LogP contribution in [0.3, 0.4) is 0 Å². The Morgan fingerprint density at radius 3 is 2.38 bits per heavy atom. The van der Waals surface area contributed by atoms with Gasteiger partial charge in [-0.15, -0.1) is 0 Å². The third-order valence-corrected chi connectivity index (χ3v) is 2.90. The van der Waals surface area contributed by atoms with E-state index in [2.05, 4.69) is 9.97 Å². The molecule has 0 unspecified atom stereocenters. The Labute approximate surface area is 91.9 Å². The molecule has 0 saturated heterocycles. The van der Waals surface area contributed by atoms with Gasteiger partial charge in [0.1, 0.15) is 0 Å². The second-order valence-corrected chi connectivity index (χ2v) is 4.24. The highest BCUT2D eigenvalue weighted by Gasteiger charge is 2.35. The van der Waals surface area contributed by atoms with Gasteiger partial charge in [-0.2, -0.15) is 13.2 Å². The minimum Gasteiger partial charge on any atom is -0.230 e. The molecule has 1 heterocycles. The number of aryl methyl sites for hydroxylation is 1. The van der Waals surface area contributed by atoms with E-state index in [1.807, 2.05) is 0 Å². The van der Waals surface area contributed by atoms with Crippen LogP contribution in [-0.2, 0) is 6.18 Å². The summed E-state index contributed by atoms with van der Waals surface area (Å²) in [6.07, 6.45) is -0.412. The molecule has 0 aromatic carbocycles. The molecule has 16 heavy (non-hydrogen) atoms. The van der Waals surface area contributed by atoms with Crippen LogP contribution < -0.4 is 0 Å². The smallest absolute Gasteiger partial charge is 0.230 e. The highest BCUT2D eigenvalue weighted by molar-refractivity contribution is 5.16. The van der Waals surface area contributed by atoms with E-state index in [9.17, 15) is 13.2 Å². The standard InChI is InChI=1S/C11H13F3N2/c1-7-6-9(8-4-2-3-5-8)16-10(15-7)11(12,13)14/h6,8H,2-5H2,1H3. The van der Waals surface area contributed by atoms with Crippen LogP contribution in [0.4, 0.5) is 13.2 Å². The number of nitrogens with zero attached hydrogens (tertiary/aromatic N) is 2. The maximum atomic E-state index is 12.5. The SMILES string of the molecule is Cc1cc(C2CCCC2)nc(C(F)(F)F)n1. The van der Waals surface area contributed by atoms with Crippen LogP contribution in [0.5, 0.6) is 0 Å². The normalized spacial score (nSPS) is 18.0. The molecule has 0 spiro atoms. The van der Waals surface area contributed by atoms with Crippen molar-refractivity contribution < 1.29 is 13.2 Å². The van der Waals surface area contributed by atoms with E-state index in [1.165, 1.54) is 0 Å². The van der Waals surface area contributed by atoms with Gasteiger partial charge in [0, 0.05) is 17.3 Å². The minimum absolute atomic E-state index is 0.183. The molecule has 0 radical (unpaired) electrons. The number of rotatable bonds is 1. The first-order valence-electron chi connectivity index (χ1n) is 5.39. The van der Waals surface area contributed by atoms with Gasteiger partial charge < -0.3 is 0 Å². The average molecular weight is 230 g/mol. The zero-order chi connectivity index (χ0) is 11.8. The molecule has 1 aromatic rings. The second kappa shape index (κ2) is 4.03. The third kappa shape index (κ3) is 2.33. The number of aromatic nitrogens is 2. The summed E-state index contributed by atoms with van der Waals surface area (Å²) in [6, 6.07) is 1.67. The van der Waals surface area contributed by atoms with Crippen molar-refractivity contribution in [3.05, 3.63) is 23.3 Å². The molecule has 0 aliphatic heterocycles. The van der Waals surface area contributed by atoms with E-state index in [0.717, 1.165) is 25.7 Å². The Balaban J connectivity index is 2.35. The highest BCUT2D eigenvalue weighted by atomic mass is 19.4. The maximum absolute atomic E-state index is 12.5. The summed E-state index contributed by atoms with van der Waals surface area (Å²) in [5, 5.41) is 0. The quantitative estimate of drug-likeness (QED) is 0.738. The molecule has 1 aliphatic carbocycles. The number of hydrogen-bond donors (Lipinski definition) is 0. The van der Waals surface area contributed by atoms with Crippen LogP contribution in [0.2, 0.25) is 0 Å². The van der Waals surface area contributed by atoms with Gasteiger partial charge >= 0.3 is 6.18 Å². The summed E-state index contributed by atoms with van der Waals surface area (Å²) in [5.74, 6) is -0.822. The van der Waals surface area contributed by atoms with E-state index in [1.54, 1.807) is 13.0 Å². The summed E-state index contributed by atoms with van der Waals surface area (Å²) in [4.78, 5) is 7.09. The fourth-order valence-corrected chi connectivity index (χ4v) is 2.15. The lowest BCUT2D eigenvalue weighted by atomic mass is 10.0. The molecular weight excluding hydrogens is 217 g/mol. The molecule has 0 N–H and O–H groups in total. The topological polar surface area (TPSA) is 25.8 Å². The lowest BCUT2D eigenvalue weighted by Crippen LogP contribution is -2.14. The van der Waals surface area contributed by atoms with Gasteiger partial charge in [0.2, 0.25) is 5.82 Å². The van der Waals surface area contributed by atoms with Crippen molar-refractivity contribution in [2.75, 3.05) is 0 Å². The highest BCUT2D eigenvalue weighted by Crippen LogP contribution is 2.34. The first-order chi connectivity index (χ1) is 7.47. The van der Waals surface area contributed by atoms with Gasteiger partial charge in [-0.3, -0.25) is 0 Å². The molecule has 1 fully saturated rings. The van der Waals surface area contributed by atoms with E-state index in [4.69, 9.17) is 0 Å². The molecule has 88 valence electrons. The van der Waals surface area contributed by atoms with Crippen LogP contribution in [0, 0.1) is 6.92 Å². The Hall–Kier alpha value is -1.13. The van der Waals surface area contributed by atoms with E-state index in [-0.39, 0.29) is 5.92 Å². The fraction of sp³-hybridized carbons (Fsp3) is 0.636. The van der Waals surface area contributed by atoms with Crippen LogP contribution in [0.25, 0.3) is 0 Å². The Bertz CT molecular complexity index is 381.